The maximum Gasteiger partial charge on any atom is 0.251 e. The van der Waals surface area contributed by atoms with E-state index in [-0.39, 0.29) is 11.7 Å². The van der Waals surface area contributed by atoms with Crippen molar-refractivity contribution in [1.82, 2.24) is 15.5 Å². The van der Waals surface area contributed by atoms with Gasteiger partial charge in [0.15, 0.2) is 5.78 Å². The molecule has 6 heteroatoms. The highest BCUT2D eigenvalue weighted by atomic mass is 16.5. The van der Waals surface area contributed by atoms with Gasteiger partial charge in [0, 0.05) is 18.5 Å². The SMILES string of the molecule is CCCNCCCC(=O)[C@H](Cc1ccc(OCCN(CC)CC)cc1)NC(=O)c1ccccc1. The quantitative estimate of drug-likeness (QED) is 0.343. The first-order valence-corrected chi connectivity index (χ1v) is 12.6. The molecule has 2 N–H and O–H groups in total. The molecule has 0 aliphatic heterocycles. The number of ether oxygens (including phenoxy) is 1. The van der Waals surface area contributed by atoms with E-state index in [9.17, 15) is 9.59 Å². The summed E-state index contributed by atoms with van der Waals surface area (Å²) >= 11 is 0. The molecule has 6 nitrogen and oxygen atoms in total. The minimum absolute atomic E-state index is 0.0575. The second kappa shape index (κ2) is 16.0. The normalized spacial score (nSPS) is 11.9. The van der Waals surface area contributed by atoms with E-state index in [2.05, 4.69) is 36.3 Å². The van der Waals surface area contributed by atoms with Gasteiger partial charge in [-0.05, 0) is 75.3 Å². The fourth-order valence-corrected chi connectivity index (χ4v) is 3.73. The number of hydrogen-bond acceptors (Lipinski definition) is 5. The summed E-state index contributed by atoms with van der Waals surface area (Å²) in [5, 5.41) is 6.29. The van der Waals surface area contributed by atoms with Crippen molar-refractivity contribution in [2.45, 2.75) is 52.5 Å². The van der Waals surface area contributed by atoms with E-state index in [0.29, 0.717) is 25.0 Å². The highest BCUT2D eigenvalue weighted by Gasteiger charge is 2.21. The predicted octanol–water partition coefficient (Wildman–Crippen LogP) is 4.10. The number of nitrogens with one attached hydrogen (secondary N) is 2. The third kappa shape index (κ3) is 10.1. The average Bonchev–Trinajstić information content (AvgIpc) is 2.87. The smallest absolute Gasteiger partial charge is 0.251 e. The zero-order valence-corrected chi connectivity index (χ0v) is 21.0. The molecular weight excluding hydrogens is 426 g/mol. The molecule has 1 amide bonds. The average molecular weight is 468 g/mol. The summed E-state index contributed by atoms with van der Waals surface area (Å²) in [4.78, 5) is 28.1. The second-order valence-corrected chi connectivity index (χ2v) is 8.44. The number of hydrogen-bond donors (Lipinski definition) is 2. The topological polar surface area (TPSA) is 70.7 Å². The van der Waals surface area contributed by atoms with Crippen molar-refractivity contribution >= 4 is 11.7 Å². The van der Waals surface area contributed by atoms with Gasteiger partial charge in [0.2, 0.25) is 0 Å². The number of nitrogens with zero attached hydrogens (tertiary/aromatic N) is 1. The lowest BCUT2D eigenvalue weighted by Gasteiger charge is -2.19. The predicted molar refractivity (Wildman–Crippen MR) is 139 cm³/mol. The Morgan fingerprint density at radius 1 is 0.941 bits per heavy atom. The summed E-state index contributed by atoms with van der Waals surface area (Å²) in [5.41, 5.74) is 1.55. The van der Waals surface area contributed by atoms with Crippen molar-refractivity contribution in [3.8, 4) is 5.75 Å². The molecule has 0 aliphatic rings. The fraction of sp³-hybridized carbons (Fsp3) is 0.500. The molecule has 186 valence electrons. The largest absolute Gasteiger partial charge is 0.492 e. The molecular formula is C28H41N3O3. The van der Waals surface area contributed by atoms with E-state index in [1.165, 1.54) is 0 Å². The fourth-order valence-electron chi connectivity index (χ4n) is 3.73. The lowest BCUT2D eigenvalue weighted by molar-refractivity contribution is -0.121. The summed E-state index contributed by atoms with van der Waals surface area (Å²) in [6.07, 6.45) is 2.72. The number of amides is 1. The number of likely N-dealkylation sites (N-methyl/N-ethyl adjacent to an activating group) is 1. The van der Waals surface area contributed by atoms with Gasteiger partial charge in [0.05, 0.1) is 6.04 Å². The molecule has 0 bridgehead atoms. The molecule has 0 aromatic heterocycles. The molecule has 2 aromatic rings. The molecule has 0 spiro atoms. The summed E-state index contributed by atoms with van der Waals surface area (Å²) in [5.74, 6) is 0.649. The number of rotatable bonds is 17. The van der Waals surface area contributed by atoms with Crippen LogP contribution in [0.25, 0.3) is 0 Å². The first-order valence-electron chi connectivity index (χ1n) is 12.6. The Morgan fingerprint density at radius 3 is 2.29 bits per heavy atom. The van der Waals surface area contributed by atoms with Gasteiger partial charge in [-0.15, -0.1) is 0 Å². The Balaban J connectivity index is 1.97. The molecule has 0 fully saturated rings. The van der Waals surface area contributed by atoms with E-state index in [0.717, 1.165) is 56.9 Å². The van der Waals surface area contributed by atoms with Crippen LogP contribution >= 0.6 is 0 Å². The molecule has 0 saturated heterocycles. The Labute approximate surface area is 205 Å². The van der Waals surface area contributed by atoms with Gasteiger partial charge in [-0.1, -0.05) is 51.1 Å². The van der Waals surface area contributed by atoms with Crippen LogP contribution in [0.2, 0.25) is 0 Å². The molecule has 0 radical (unpaired) electrons. The van der Waals surface area contributed by atoms with E-state index in [4.69, 9.17) is 4.74 Å². The summed E-state index contributed by atoms with van der Waals surface area (Å²) in [6.45, 7) is 11.7. The van der Waals surface area contributed by atoms with Gasteiger partial charge in [-0.3, -0.25) is 9.59 Å². The Bertz CT molecular complexity index is 836. The van der Waals surface area contributed by atoms with E-state index in [1.807, 2.05) is 42.5 Å². The van der Waals surface area contributed by atoms with Gasteiger partial charge < -0.3 is 20.3 Å². The van der Waals surface area contributed by atoms with Crippen molar-refractivity contribution in [1.29, 1.82) is 0 Å². The zero-order chi connectivity index (χ0) is 24.6. The van der Waals surface area contributed by atoms with Gasteiger partial charge in [-0.2, -0.15) is 0 Å². The van der Waals surface area contributed by atoms with Crippen molar-refractivity contribution in [2.24, 2.45) is 0 Å². The molecule has 0 saturated carbocycles. The number of ketones is 1. The Hall–Kier alpha value is -2.70. The highest BCUT2D eigenvalue weighted by Crippen LogP contribution is 2.15. The Morgan fingerprint density at radius 2 is 1.65 bits per heavy atom. The van der Waals surface area contributed by atoms with Gasteiger partial charge in [-0.25, -0.2) is 0 Å². The number of carbonyl (C=O) groups excluding carboxylic acids is 2. The van der Waals surface area contributed by atoms with Crippen LogP contribution < -0.4 is 15.4 Å². The lowest BCUT2D eigenvalue weighted by atomic mass is 9.99. The maximum atomic E-state index is 13.0. The van der Waals surface area contributed by atoms with E-state index in [1.54, 1.807) is 12.1 Å². The van der Waals surface area contributed by atoms with Crippen LogP contribution in [0.3, 0.4) is 0 Å². The molecule has 0 heterocycles. The number of carbonyl (C=O) groups is 2. The van der Waals surface area contributed by atoms with Gasteiger partial charge in [0.1, 0.15) is 12.4 Å². The maximum absolute atomic E-state index is 13.0. The highest BCUT2D eigenvalue weighted by molar-refractivity contribution is 5.98. The van der Waals surface area contributed by atoms with Crippen LogP contribution in [0.4, 0.5) is 0 Å². The van der Waals surface area contributed by atoms with Crippen LogP contribution in [0.5, 0.6) is 5.75 Å². The third-order valence-corrected chi connectivity index (χ3v) is 5.87. The monoisotopic (exact) mass is 467 g/mol. The van der Waals surface area contributed by atoms with Crippen LogP contribution in [-0.4, -0.2) is 62.0 Å². The minimum Gasteiger partial charge on any atom is -0.492 e. The lowest BCUT2D eigenvalue weighted by Crippen LogP contribution is -2.42. The van der Waals surface area contributed by atoms with E-state index >= 15 is 0 Å². The molecule has 2 rings (SSSR count). The molecule has 0 unspecified atom stereocenters. The zero-order valence-electron chi connectivity index (χ0n) is 21.0. The van der Waals surface area contributed by atoms with Crippen LogP contribution in [0.15, 0.2) is 54.6 Å². The molecule has 34 heavy (non-hydrogen) atoms. The summed E-state index contributed by atoms with van der Waals surface area (Å²) in [7, 11) is 0. The number of Topliss-reactive ketones (excluding diaryl/α,β-unsaturated/α-hetero) is 1. The molecule has 1 atom stereocenters. The van der Waals surface area contributed by atoms with Crippen molar-refractivity contribution in [2.75, 3.05) is 39.3 Å². The van der Waals surface area contributed by atoms with Crippen LogP contribution in [-0.2, 0) is 11.2 Å². The first-order chi connectivity index (χ1) is 16.6. The van der Waals surface area contributed by atoms with Crippen molar-refractivity contribution in [3.05, 3.63) is 65.7 Å². The van der Waals surface area contributed by atoms with Gasteiger partial charge in [0.25, 0.3) is 5.91 Å². The first kappa shape index (κ1) is 27.5. The van der Waals surface area contributed by atoms with Crippen molar-refractivity contribution in [3.63, 3.8) is 0 Å². The molecule has 0 aliphatic carbocycles. The minimum atomic E-state index is -0.562. The van der Waals surface area contributed by atoms with Gasteiger partial charge >= 0.3 is 0 Å². The third-order valence-electron chi connectivity index (χ3n) is 5.87. The second-order valence-electron chi connectivity index (χ2n) is 8.44. The Kier molecular flexibility index (Phi) is 13.0. The number of benzene rings is 2. The summed E-state index contributed by atoms with van der Waals surface area (Å²) < 4.78 is 5.87. The van der Waals surface area contributed by atoms with Crippen molar-refractivity contribution < 1.29 is 14.3 Å². The standard InChI is InChI=1S/C28H41N3O3/c1-4-18-29-19-10-13-27(32)26(30-28(33)24-11-8-7-9-12-24)22-23-14-16-25(17-15-23)34-21-20-31(5-2)6-3/h7-9,11-12,14-17,26,29H,4-6,10,13,18-22H2,1-3H3,(H,30,33)/t26-/m0/s1. The summed E-state index contributed by atoms with van der Waals surface area (Å²) in [6, 6.07) is 16.3. The molecule has 2 aromatic carbocycles. The van der Waals surface area contributed by atoms with Crippen LogP contribution in [0.1, 0.15) is 56.0 Å². The van der Waals surface area contributed by atoms with Crippen LogP contribution in [0, 0.1) is 0 Å². The van der Waals surface area contributed by atoms with E-state index < -0.39 is 6.04 Å².